The molecule has 2 aromatic rings. The third-order valence-corrected chi connectivity index (χ3v) is 4.17. The van der Waals surface area contributed by atoms with Gasteiger partial charge in [-0.3, -0.25) is 0 Å². The molecule has 0 fully saturated rings. The molecule has 2 aromatic carbocycles. The highest BCUT2D eigenvalue weighted by atomic mass is 35.7. The summed E-state index contributed by atoms with van der Waals surface area (Å²) >= 11 is 5.90. The lowest BCUT2D eigenvalue weighted by molar-refractivity contribution is 0.300. The number of hydrogen-bond acceptors (Lipinski definition) is 3. The van der Waals surface area contributed by atoms with Crippen LogP contribution in [0.3, 0.4) is 0 Å². The summed E-state index contributed by atoms with van der Waals surface area (Å²) in [4.78, 5) is -0.123. The monoisotopic (exact) mass is 334 g/mol. The minimum absolute atomic E-state index is 0.0145. The molecule has 20 heavy (non-hydrogen) atoms. The van der Waals surface area contributed by atoms with Crippen molar-refractivity contribution in [2.24, 2.45) is 0 Å². The van der Waals surface area contributed by atoms with Gasteiger partial charge in [0, 0.05) is 16.2 Å². The predicted molar refractivity (Wildman–Crippen MR) is 75.2 cm³/mol. The van der Waals surface area contributed by atoms with E-state index < -0.39 is 9.05 Å². The summed E-state index contributed by atoms with van der Waals surface area (Å²) in [5.41, 5.74) is 0.373. The lowest BCUT2D eigenvalue weighted by Crippen LogP contribution is -1.99. The second kappa shape index (κ2) is 5.99. The molecule has 0 saturated carbocycles. The van der Waals surface area contributed by atoms with Crippen molar-refractivity contribution in [1.29, 1.82) is 0 Å². The van der Waals surface area contributed by atoms with Crippen LogP contribution in [0.5, 0.6) is 5.75 Å². The second-order valence-corrected chi connectivity index (χ2v) is 6.88. The Morgan fingerprint density at radius 2 is 1.85 bits per heavy atom. The zero-order chi connectivity index (χ0) is 14.8. The van der Waals surface area contributed by atoms with E-state index in [4.69, 9.17) is 27.0 Å². The van der Waals surface area contributed by atoms with Gasteiger partial charge in [0.25, 0.3) is 9.05 Å². The molecule has 7 heteroatoms. The van der Waals surface area contributed by atoms with E-state index in [2.05, 4.69) is 0 Å². The second-order valence-electron chi connectivity index (χ2n) is 3.91. The van der Waals surface area contributed by atoms with Crippen molar-refractivity contribution in [2.75, 3.05) is 0 Å². The van der Waals surface area contributed by atoms with Crippen molar-refractivity contribution in [3.8, 4) is 5.75 Å². The first kappa shape index (κ1) is 15.1. The fraction of sp³-hybridized carbons (Fsp3) is 0.0769. The predicted octanol–water partition coefficient (Wildman–Crippen LogP) is 3.99. The Balaban J connectivity index is 2.17. The highest BCUT2D eigenvalue weighted by Gasteiger charge is 2.13. The molecule has 0 unspecified atom stereocenters. The molecule has 0 aliphatic rings. The summed E-state index contributed by atoms with van der Waals surface area (Å²) in [6.45, 7) is -0.0145. The maximum absolute atomic E-state index is 13.4. The van der Waals surface area contributed by atoms with E-state index in [1.54, 1.807) is 18.2 Å². The van der Waals surface area contributed by atoms with Crippen molar-refractivity contribution >= 4 is 31.3 Å². The van der Waals surface area contributed by atoms with E-state index in [9.17, 15) is 12.8 Å². The van der Waals surface area contributed by atoms with Crippen LogP contribution < -0.4 is 4.74 Å². The van der Waals surface area contributed by atoms with Crippen molar-refractivity contribution in [3.05, 3.63) is 58.9 Å². The molecule has 2 rings (SSSR count). The van der Waals surface area contributed by atoms with Gasteiger partial charge in [-0.05, 0) is 24.3 Å². The fourth-order valence-corrected chi connectivity index (χ4v) is 2.60. The number of benzene rings is 2. The highest BCUT2D eigenvalue weighted by molar-refractivity contribution is 8.13. The largest absolute Gasteiger partial charge is 0.487 e. The Kier molecular flexibility index (Phi) is 4.52. The van der Waals surface area contributed by atoms with Crippen LogP contribution in [0.25, 0.3) is 0 Å². The van der Waals surface area contributed by atoms with E-state index in [-0.39, 0.29) is 28.1 Å². The first-order valence-corrected chi connectivity index (χ1v) is 8.17. The Morgan fingerprint density at radius 3 is 2.45 bits per heavy atom. The van der Waals surface area contributed by atoms with Crippen LogP contribution in [0, 0.1) is 5.82 Å². The molecular formula is C13H9Cl2FO3S. The highest BCUT2D eigenvalue weighted by Crippen LogP contribution is 2.29. The maximum atomic E-state index is 13.4. The van der Waals surface area contributed by atoms with Crippen LogP contribution in [-0.4, -0.2) is 8.42 Å². The van der Waals surface area contributed by atoms with E-state index in [1.807, 2.05) is 0 Å². The Labute approximate surface area is 125 Å². The standard InChI is InChI=1S/C13H9Cl2FO3S/c14-11-7-10(20(15,17)18)5-6-13(11)19-8-9-3-1-2-4-12(9)16/h1-7H,8H2. The van der Waals surface area contributed by atoms with E-state index >= 15 is 0 Å². The topological polar surface area (TPSA) is 43.4 Å². The van der Waals surface area contributed by atoms with Crippen LogP contribution in [0.4, 0.5) is 4.39 Å². The van der Waals surface area contributed by atoms with Gasteiger partial charge >= 0.3 is 0 Å². The zero-order valence-corrected chi connectivity index (χ0v) is 12.3. The quantitative estimate of drug-likeness (QED) is 0.794. The van der Waals surface area contributed by atoms with Crippen molar-refractivity contribution < 1.29 is 17.5 Å². The molecular weight excluding hydrogens is 326 g/mol. The van der Waals surface area contributed by atoms with Gasteiger partial charge in [-0.2, -0.15) is 0 Å². The Bertz CT molecular complexity index is 732. The van der Waals surface area contributed by atoms with Crippen LogP contribution in [0.15, 0.2) is 47.4 Å². The first-order valence-electron chi connectivity index (χ1n) is 5.48. The molecule has 0 radical (unpaired) electrons. The van der Waals surface area contributed by atoms with Gasteiger partial charge in [0.05, 0.1) is 9.92 Å². The molecule has 0 saturated heterocycles. The molecule has 3 nitrogen and oxygen atoms in total. The van der Waals surface area contributed by atoms with E-state index in [0.717, 1.165) is 0 Å². The summed E-state index contributed by atoms with van der Waals surface area (Å²) in [6, 6.07) is 9.99. The van der Waals surface area contributed by atoms with E-state index in [0.29, 0.717) is 5.56 Å². The lowest BCUT2D eigenvalue weighted by Gasteiger charge is -2.09. The van der Waals surface area contributed by atoms with Crippen molar-refractivity contribution in [3.63, 3.8) is 0 Å². The third kappa shape index (κ3) is 3.62. The molecule has 0 aromatic heterocycles. The molecule has 0 aliphatic heterocycles. The molecule has 0 N–H and O–H groups in total. The van der Waals surface area contributed by atoms with Gasteiger partial charge in [0.15, 0.2) is 0 Å². The number of hydrogen-bond donors (Lipinski definition) is 0. The first-order chi connectivity index (χ1) is 9.38. The molecule has 0 spiro atoms. The number of ether oxygens (including phenoxy) is 1. The summed E-state index contributed by atoms with van der Waals surface area (Å²) in [6.07, 6.45) is 0. The van der Waals surface area contributed by atoms with Crippen LogP contribution in [0.2, 0.25) is 5.02 Å². The third-order valence-electron chi connectivity index (χ3n) is 2.53. The molecule has 0 atom stereocenters. The van der Waals surface area contributed by atoms with Crippen LogP contribution >= 0.6 is 22.3 Å². The molecule has 0 bridgehead atoms. The number of halogens is 3. The van der Waals surface area contributed by atoms with Crippen molar-refractivity contribution in [1.82, 2.24) is 0 Å². The minimum atomic E-state index is -3.84. The van der Waals surface area contributed by atoms with Crippen LogP contribution in [0.1, 0.15) is 5.56 Å². The van der Waals surface area contributed by atoms with Gasteiger partial charge in [-0.1, -0.05) is 29.8 Å². The average molecular weight is 335 g/mol. The molecule has 106 valence electrons. The van der Waals surface area contributed by atoms with Crippen LogP contribution in [-0.2, 0) is 15.7 Å². The van der Waals surface area contributed by atoms with Crippen molar-refractivity contribution in [2.45, 2.75) is 11.5 Å². The SMILES string of the molecule is O=S(=O)(Cl)c1ccc(OCc2ccccc2F)c(Cl)c1. The van der Waals surface area contributed by atoms with Gasteiger partial charge in [-0.25, -0.2) is 12.8 Å². The summed E-state index contributed by atoms with van der Waals surface area (Å²) < 4.78 is 41.0. The molecule has 0 amide bonds. The summed E-state index contributed by atoms with van der Waals surface area (Å²) in [5.74, 6) is -0.137. The normalized spacial score (nSPS) is 11.3. The van der Waals surface area contributed by atoms with Gasteiger partial charge < -0.3 is 4.74 Å². The molecule has 0 heterocycles. The average Bonchev–Trinajstić information content (AvgIpc) is 2.38. The fourth-order valence-electron chi connectivity index (χ4n) is 1.52. The zero-order valence-electron chi connectivity index (χ0n) is 10.0. The van der Waals surface area contributed by atoms with Gasteiger partial charge in [0.1, 0.15) is 18.2 Å². The Morgan fingerprint density at radius 1 is 1.15 bits per heavy atom. The molecule has 0 aliphatic carbocycles. The van der Waals surface area contributed by atoms with E-state index in [1.165, 1.54) is 24.3 Å². The van der Waals surface area contributed by atoms with Gasteiger partial charge in [-0.15, -0.1) is 0 Å². The number of rotatable bonds is 4. The summed E-state index contributed by atoms with van der Waals surface area (Å²) in [5, 5.41) is 0.0862. The Hall–Kier alpha value is -1.30. The lowest BCUT2D eigenvalue weighted by atomic mass is 10.2. The maximum Gasteiger partial charge on any atom is 0.261 e. The van der Waals surface area contributed by atoms with Gasteiger partial charge in [0.2, 0.25) is 0 Å². The summed E-state index contributed by atoms with van der Waals surface area (Å²) in [7, 11) is 1.36. The smallest absolute Gasteiger partial charge is 0.261 e. The minimum Gasteiger partial charge on any atom is -0.487 e.